The van der Waals surface area contributed by atoms with Gasteiger partial charge in [0, 0.05) is 12.8 Å². The second-order valence-corrected chi connectivity index (χ2v) is 5.21. The van der Waals surface area contributed by atoms with E-state index in [1.165, 1.54) is 0 Å². The third kappa shape index (κ3) is 3.13. The normalized spacial score (nSPS) is 19.6. The van der Waals surface area contributed by atoms with Crippen molar-refractivity contribution in [1.82, 2.24) is 25.2 Å². The molecule has 0 radical (unpaired) electrons. The van der Waals surface area contributed by atoms with Gasteiger partial charge in [-0.15, -0.1) is 10.2 Å². The number of urea groups is 1. The molecule has 2 atom stereocenters. The van der Waals surface area contributed by atoms with E-state index in [2.05, 4.69) is 20.8 Å². The number of rotatable bonds is 4. The quantitative estimate of drug-likeness (QED) is 0.883. The molecule has 7 nitrogen and oxygen atoms in total. The van der Waals surface area contributed by atoms with Crippen LogP contribution < -0.4 is 10.6 Å². The minimum Gasteiger partial charge on any atom is -0.376 e. The summed E-state index contributed by atoms with van der Waals surface area (Å²) in [5.74, 6) is 0.700. The molecule has 2 aromatic rings. The highest BCUT2D eigenvalue weighted by Gasteiger charge is 2.23. The first-order valence-electron chi connectivity index (χ1n) is 7.18. The SMILES string of the molecule is C[C@H](NC(=O)NCc1nnc2ccccn12)[C@H]1CCCO1. The Morgan fingerprint density at radius 1 is 1.52 bits per heavy atom. The topological polar surface area (TPSA) is 80.5 Å². The van der Waals surface area contributed by atoms with Gasteiger partial charge in [-0.2, -0.15) is 0 Å². The molecule has 7 heteroatoms. The summed E-state index contributed by atoms with van der Waals surface area (Å²) in [4.78, 5) is 11.9. The average Bonchev–Trinajstić information content (AvgIpc) is 3.15. The van der Waals surface area contributed by atoms with Gasteiger partial charge >= 0.3 is 6.03 Å². The van der Waals surface area contributed by atoms with Gasteiger partial charge in [0.2, 0.25) is 0 Å². The van der Waals surface area contributed by atoms with Crippen LogP contribution in [0.2, 0.25) is 0 Å². The molecule has 0 bridgehead atoms. The number of ether oxygens (including phenoxy) is 1. The van der Waals surface area contributed by atoms with Gasteiger partial charge in [-0.3, -0.25) is 4.40 Å². The Kier molecular flexibility index (Phi) is 4.01. The highest BCUT2D eigenvalue weighted by Crippen LogP contribution is 2.15. The smallest absolute Gasteiger partial charge is 0.315 e. The van der Waals surface area contributed by atoms with Crippen LogP contribution in [0.15, 0.2) is 24.4 Å². The largest absolute Gasteiger partial charge is 0.376 e. The molecule has 112 valence electrons. The Bertz CT molecular complexity index is 621. The van der Waals surface area contributed by atoms with E-state index >= 15 is 0 Å². The highest BCUT2D eigenvalue weighted by molar-refractivity contribution is 5.74. The Labute approximate surface area is 122 Å². The number of carbonyl (C=O) groups excluding carboxylic acids is 1. The van der Waals surface area contributed by atoms with E-state index in [4.69, 9.17) is 4.74 Å². The molecule has 1 aliphatic rings. The van der Waals surface area contributed by atoms with E-state index in [9.17, 15) is 4.79 Å². The maximum atomic E-state index is 11.9. The van der Waals surface area contributed by atoms with Crippen molar-refractivity contribution >= 4 is 11.7 Å². The Balaban J connectivity index is 1.53. The highest BCUT2D eigenvalue weighted by atomic mass is 16.5. The number of nitrogens with one attached hydrogen (secondary N) is 2. The summed E-state index contributed by atoms with van der Waals surface area (Å²) in [5.41, 5.74) is 0.766. The fraction of sp³-hybridized carbons (Fsp3) is 0.500. The van der Waals surface area contributed by atoms with Crippen molar-refractivity contribution in [3.63, 3.8) is 0 Å². The minimum absolute atomic E-state index is 0.00245. The molecule has 21 heavy (non-hydrogen) atoms. The molecule has 2 aromatic heterocycles. The van der Waals surface area contributed by atoms with Gasteiger partial charge in [-0.05, 0) is 31.9 Å². The third-order valence-corrected chi connectivity index (χ3v) is 3.67. The van der Waals surface area contributed by atoms with Gasteiger partial charge in [0.05, 0.1) is 18.7 Å². The minimum atomic E-state index is -0.217. The van der Waals surface area contributed by atoms with Gasteiger partial charge < -0.3 is 15.4 Å². The van der Waals surface area contributed by atoms with Crippen molar-refractivity contribution in [1.29, 1.82) is 0 Å². The maximum absolute atomic E-state index is 11.9. The van der Waals surface area contributed by atoms with E-state index in [0.29, 0.717) is 12.4 Å². The van der Waals surface area contributed by atoms with Crippen molar-refractivity contribution in [3.05, 3.63) is 30.2 Å². The first-order valence-corrected chi connectivity index (χ1v) is 7.18. The summed E-state index contributed by atoms with van der Waals surface area (Å²) in [7, 11) is 0. The van der Waals surface area contributed by atoms with Crippen molar-refractivity contribution in [2.24, 2.45) is 0 Å². The van der Waals surface area contributed by atoms with Gasteiger partial charge in [-0.1, -0.05) is 6.07 Å². The lowest BCUT2D eigenvalue weighted by Gasteiger charge is -2.20. The Hall–Kier alpha value is -2.15. The van der Waals surface area contributed by atoms with Crippen molar-refractivity contribution in [3.8, 4) is 0 Å². The molecule has 3 heterocycles. The Morgan fingerprint density at radius 2 is 2.43 bits per heavy atom. The predicted molar refractivity (Wildman–Crippen MR) is 76.8 cm³/mol. The van der Waals surface area contributed by atoms with E-state index in [-0.39, 0.29) is 18.2 Å². The standard InChI is InChI=1S/C14H19N5O2/c1-10(11-5-4-8-21-11)16-14(20)15-9-13-18-17-12-6-2-3-7-19(12)13/h2-3,6-7,10-11H,4-5,8-9H2,1H3,(H2,15,16,20)/t10-,11+/m0/s1. The predicted octanol–water partition coefficient (Wildman–Crippen LogP) is 1.10. The number of aromatic nitrogens is 3. The van der Waals surface area contributed by atoms with Crippen LogP contribution in [0.4, 0.5) is 4.79 Å². The van der Waals surface area contributed by atoms with Crippen LogP contribution in [0, 0.1) is 0 Å². The zero-order valence-electron chi connectivity index (χ0n) is 12.0. The summed E-state index contributed by atoms with van der Waals surface area (Å²) >= 11 is 0. The summed E-state index contributed by atoms with van der Waals surface area (Å²) in [6, 6.07) is 5.46. The average molecular weight is 289 g/mol. The molecule has 0 aromatic carbocycles. The number of hydrogen-bond acceptors (Lipinski definition) is 4. The van der Waals surface area contributed by atoms with E-state index in [1.807, 2.05) is 35.7 Å². The summed E-state index contributed by atoms with van der Waals surface area (Å²) in [6.07, 6.45) is 4.05. The number of amides is 2. The molecule has 2 N–H and O–H groups in total. The lowest BCUT2D eigenvalue weighted by molar-refractivity contribution is 0.0860. The molecule has 0 aliphatic carbocycles. The molecule has 0 spiro atoms. The summed E-state index contributed by atoms with van der Waals surface area (Å²) in [6.45, 7) is 3.07. The molecule has 0 unspecified atom stereocenters. The first kappa shape index (κ1) is 13.8. The first-order chi connectivity index (χ1) is 10.2. The van der Waals surface area contributed by atoms with Gasteiger partial charge in [0.1, 0.15) is 0 Å². The zero-order chi connectivity index (χ0) is 14.7. The second-order valence-electron chi connectivity index (χ2n) is 5.21. The Morgan fingerprint density at radius 3 is 3.24 bits per heavy atom. The molecule has 0 saturated carbocycles. The van der Waals surface area contributed by atoms with Crippen LogP contribution >= 0.6 is 0 Å². The van der Waals surface area contributed by atoms with Crippen LogP contribution in [0.5, 0.6) is 0 Å². The van der Waals surface area contributed by atoms with E-state index in [0.717, 1.165) is 25.1 Å². The molecule has 3 rings (SSSR count). The zero-order valence-corrected chi connectivity index (χ0v) is 12.0. The monoisotopic (exact) mass is 289 g/mol. The molecule has 1 fully saturated rings. The number of hydrogen-bond donors (Lipinski definition) is 2. The summed E-state index contributed by atoms with van der Waals surface area (Å²) in [5, 5.41) is 13.8. The van der Waals surface area contributed by atoms with Crippen molar-refractivity contribution in [2.45, 2.75) is 38.5 Å². The fourth-order valence-electron chi connectivity index (χ4n) is 2.52. The van der Waals surface area contributed by atoms with E-state index < -0.39 is 0 Å². The van der Waals surface area contributed by atoms with Crippen molar-refractivity contribution in [2.75, 3.05) is 6.61 Å². The van der Waals surface area contributed by atoms with Crippen LogP contribution in [0.1, 0.15) is 25.6 Å². The molecule has 1 saturated heterocycles. The second kappa shape index (κ2) is 6.09. The molecular weight excluding hydrogens is 270 g/mol. The molecule has 1 aliphatic heterocycles. The van der Waals surface area contributed by atoms with Crippen LogP contribution in [0.25, 0.3) is 5.65 Å². The molecular formula is C14H19N5O2. The number of fused-ring (bicyclic) bond motifs is 1. The third-order valence-electron chi connectivity index (χ3n) is 3.67. The van der Waals surface area contributed by atoms with Gasteiger partial charge in [0.15, 0.2) is 11.5 Å². The fourth-order valence-corrected chi connectivity index (χ4v) is 2.52. The molecule has 2 amide bonds. The lowest BCUT2D eigenvalue weighted by atomic mass is 10.1. The van der Waals surface area contributed by atoms with Gasteiger partial charge in [-0.25, -0.2) is 4.79 Å². The maximum Gasteiger partial charge on any atom is 0.315 e. The number of carbonyl (C=O) groups is 1. The van der Waals surface area contributed by atoms with Crippen LogP contribution in [-0.2, 0) is 11.3 Å². The van der Waals surface area contributed by atoms with Crippen LogP contribution in [0.3, 0.4) is 0 Å². The van der Waals surface area contributed by atoms with Crippen LogP contribution in [-0.4, -0.2) is 39.4 Å². The number of nitrogens with zero attached hydrogens (tertiary/aromatic N) is 3. The van der Waals surface area contributed by atoms with Gasteiger partial charge in [0.25, 0.3) is 0 Å². The summed E-state index contributed by atoms with van der Waals surface area (Å²) < 4.78 is 7.41. The van der Waals surface area contributed by atoms with E-state index in [1.54, 1.807) is 0 Å². The van der Waals surface area contributed by atoms with Crippen molar-refractivity contribution < 1.29 is 9.53 Å². The lowest BCUT2D eigenvalue weighted by Crippen LogP contribution is -2.45. The number of pyridine rings is 1.